The van der Waals surface area contributed by atoms with Gasteiger partial charge in [0.05, 0.1) is 23.0 Å². The maximum Gasteiger partial charge on any atom is 0.243 e. The van der Waals surface area contributed by atoms with Crippen molar-refractivity contribution in [3.8, 4) is 0 Å². The molecule has 2 saturated carbocycles. The van der Waals surface area contributed by atoms with Crippen LogP contribution in [0.15, 0.2) is 52.5 Å². The lowest BCUT2D eigenvalue weighted by atomic mass is 9.58. The molecule has 6 rings (SSSR count). The SMILES string of the molecule is CC1=C[C@]23C(=O)[C@@H](C=C4COC(C)(C)O[C@H]4[C@]2(O)[C@H]1N(C)S(=O)(=O)c1ccc(N[O-])cc1)[C@H]1[C@@H](C[C@H]3C)C1(C)C. The zero-order chi connectivity index (χ0) is 29.2. The summed E-state index contributed by atoms with van der Waals surface area (Å²) in [7, 11) is -2.72. The Bertz CT molecular complexity index is 1430. The Morgan fingerprint density at radius 3 is 2.42 bits per heavy atom. The van der Waals surface area contributed by atoms with Crippen LogP contribution in [0.4, 0.5) is 5.69 Å². The fourth-order valence-corrected chi connectivity index (χ4v) is 10.1. The summed E-state index contributed by atoms with van der Waals surface area (Å²) in [6.45, 7) is 11.9. The molecule has 4 aliphatic carbocycles. The lowest BCUT2D eigenvalue weighted by Gasteiger charge is -2.54. The van der Waals surface area contributed by atoms with Gasteiger partial charge in [0.2, 0.25) is 10.0 Å². The molecule has 2 bridgehead atoms. The molecule has 0 amide bonds. The Hall–Kier alpha value is -2.08. The van der Waals surface area contributed by atoms with Gasteiger partial charge in [0, 0.05) is 18.7 Å². The molecule has 0 radical (unpaired) electrons. The number of anilines is 1. The largest absolute Gasteiger partial charge is 0.761 e. The van der Waals surface area contributed by atoms with Gasteiger partial charge in [-0.1, -0.05) is 38.5 Å². The first kappa shape index (κ1) is 28.1. The maximum absolute atomic E-state index is 14.9. The van der Waals surface area contributed by atoms with Crippen LogP contribution in [0.2, 0.25) is 0 Å². The molecule has 40 heavy (non-hydrogen) atoms. The standard InChI is InChI=1S/C30H39N2O7S/c1-16-14-29-17(2)12-22-23(27(22,3)4)21(25(29)33)13-18-15-38-28(5,6)39-26(18)30(29,34)24(16)32(7)40(36,37)20-10-8-19(31-35)9-11-20/h8-11,13-14,17,21-24,26,31,34H,12,15H2,1-7H3/q-1/t17-,21+,22-,23+,24+,26-,29+,30-/m1/s1. The number of ketones is 1. The highest BCUT2D eigenvalue weighted by molar-refractivity contribution is 7.89. The molecule has 2 N–H and O–H groups in total. The van der Waals surface area contributed by atoms with Crippen LogP contribution >= 0.6 is 0 Å². The molecule has 0 unspecified atom stereocenters. The molecule has 8 atom stereocenters. The van der Waals surface area contributed by atoms with Gasteiger partial charge >= 0.3 is 0 Å². The van der Waals surface area contributed by atoms with Gasteiger partial charge in [-0.15, -0.1) is 0 Å². The van der Waals surface area contributed by atoms with Gasteiger partial charge in [0.1, 0.15) is 11.7 Å². The maximum atomic E-state index is 14.9. The number of likely N-dealkylation sites (N-methyl/N-ethyl adjacent to an activating group) is 1. The highest BCUT2D eigenvalue weighted by Gasteiger charge is 2.77. The minimum Gasteiger partial charge on any atom is -0.761 e. The number of Topliss-reactive ketones (excluding diaryl/α,β-unsaturated/α-hetero) is 1. The van der Waals surface area contributed by atoms with Crippen LogP contribution in [-0.2, 0) is 24.3 Å². The molecule has 5 aliphatic rings. The number of carbonyl (C=O) groups is 1. The molecule has 3 fully saturated rings. The highest BCUT2D eigenvalue weighted by Crippen LogP contribution is 2.72. The van der Waals surface area contributed by atoms with Crippen LogP contribution in [-0.4, -0.2) is 60.8 Å². The number of ether oxygens (including phenoxy) is 2. The molecule has 1 aliphatic heterocycles. The Morgan fingerprint density at radius 2 is 1.80 bits per heavy atom. The van der Waals surface area contributed by atoms with Gasteiger partial charge in [0.25, 0.3) is 0 Å². The fraction of sp³-hybridized carbons (Fsp3) is 0.633. The number of benzene rings is 1. The van der Waals surface area contributed by atoms with E-state index in [1.165, 1.54) is 35.6 Å². The van der Waals surface area contributed by atoms with E-state index < -0.39 is 44.9 Å². The van der Waals surface area contributed by atoms with Crippen molar-refractivity contribution in [1.82, 2.24) is 4.31 Å². The quantitative estimate of drug-likeness (QED) is 0.412. The van der Waals surface area contributed by atoms with Crippen molar-refractivity contribution in [3.63, 3.8) is 0 Å². The first-order valence-corrected chi connectivity index (χ1v) is 15.4. The summed E-state index contributed by atoms with van der Waals surface area (Å²) in [5.41, 5.74) is -0.00731. The Morgan fingerprint density at radius 1 is 1.15 bits per heavy atom. The van der Waals surface area contributed by atoms with Crippen molar-refractivity contribution in [3.05, 3.63) is 52.8 Å². The Labute approximate surface area is 236 Å². The molecule has 1 saturated heterocycles. The number of rotatable bonds is 4. The summed E-state index contributed by atoms with van der Waals surface area (Å²) >= 11 is 0. The van der Waals surface area contributed by atoms with Crippen molar-refractivity contribution >= 4 is 21.5 Å². The lowest BCUT2D eigenvalue weighted by Crippen LogP contribution is -2.70. The topological polar surface area (TPSA) is 128 Å². The molecule has 218 valence electrons. The number of sulfonamides is 1. The average molecular weight is 572 g/mol. The van der Waals surface area contributed by atoms with Gasteiger partial charge in [-0.05, 0) is 80.2 Å². The predicted octanol–water partition coefficient (Wildman–Crippen LogP) is 3.85. The molecule has 1 spiro atoms. The molecular formula is C30H39N2O7S-. The third-order valence-corrected chi connectivity index (χ3v) is 12.6. The van der Waals surface area contributed by atoms with Crippen molar-refractivity contribution in [1.29, 1.82) is 0 Å². The monoisotopic (exact) mass is 571 g/mol. The van der Waals surface area contributed by atoms with E-state index in [-0.39, 0.29) is 40.2 Å². The van der Waals surface area contributed by atoms with E-state index in [0.717, 1.165) is 6.42 Å². The normalized spacial score (nSPS) is 41.1. The van der Waals surface area contributed by atoms with Gasteiger partial charge in [0.15, 0.2) is 11.6 Å². The third kappa shape index (κ3) is 3.44. The number of aliphatic hydroxyl groups is 1. The van der Waals surface area contributed by atoms with Gasteiger partial charge in [-0.3, -0.25) is 4.79 Å². The Balaban J connectivity index is 1.55. The summed E-state index contributed by atoms with van der Waals surface area (Å²) in [4.78, 5) is 14.8. The number of nitrogens with zero attached hydrogens (tertiary/aromatic N) is 1. The number of carbonyl (C=O) groups excluding carboxylic acids is 1. The van der Waals surface area contributed by atoms with E-state index >= 15 is 0 Å². The zero-order valence-electron chi connectivity index (χ0n) is 24.1. The van der Waals surface area contributed by atoms with Crippen LogP contribution in [0.3, 0.4) is 0 Å². The summed E-state index contributed by atoms with van der Waals surface area (Å²) in [6.07, 6.45) is 3.60. The molecule has 1 aromatic carbocycles. The van der Waals surface area contributed by atoms with Crippen molar-refractivity contribution in [2.24, 2.45) is 34.5 Å². The van der Waals surface area contributed by atoms with E-state index in [1.54, 1.807) is 26.3 Å². The molecule has 1 heterocycles. The van der Waals surface area contributed by atoms with E-state index in [1.807, 2.05) is 19.1 Å². The second kappa shape index (κ2) is 8.49. The van der Waals surface area contributed by atoms with Crippen LogP contribution in [0, 0.1) is 39.7 Å². The molecular weight excluding hydrogens is 532 g/mol. The van der Waals surface area contributed by atoms with E-state index in [0.29, 0.717) is 17.1 Å². The smallest absolute Gasteiger partial charge is 0.243 e. The predicted molar refractivity (Wildman–Crippen MR) is 149 cm³/mol. The average Bonchev–Trinajstić information content (AvgIpc) is 3.36. The number of fused-ring (bicyclic) bond motifs is 5. The molecule has 9 nitrogen and oxygen atoms in total. The van der Waals surface area contributed by atoms with Crippen molar-refractivity contribution in [2.75, 3.05) is 19.1 Å². The second-order valence-corrected chi connectivity index (χ2v) is 15.5. The van der Waals surface area contributed by atoms with Crippen LogP contribution < -0.4 is 5.48 Å². The number of hydrogen-bond acceptors (Lipinski definition) is 8. The minimum absolute atomic E-state index is 0.0110. The van der Waals surface area contributed by atoms with Crippen molar-refractivity contribution in [2.45, 2.75) is 76.4 Å². The van der Waals surface area contributed by atoms with E-state index in [2.05, 4.69) is 13.8 Å². The van der Waals surface area contributed by atoms with Gasteiger partial charge in [-0.2, -0.15) is 4.31 Å². The van der Waals surface area contributed by atoms with E-state index in [4.69, 9.17) is 9.47 Å². The number of hydrogen-bond donors (Lipinski definition) is 2. The number of allylic oxidation sites excluding steroid dienone is 1. The molecule has 0 aromatic heterocycles. The summed E-state index contributed by atoms with van der Waals surface area (Å²) < 4.78 is 41.7. The summed E-state index contributed by atoms with van der Waals surface area (Å²) in [5, 5.41) is 24.3. The second-order valence-electron chi connectivity index (χ2n) is 13.5. The van der Waals surface area contributed by atoms with Crippen molar-refractivity contribution < 1.29 is 27.8 Å². The molecule has 1 aromatic rings. The van der Waals surface area contributed by atoms with E-state index in [9.17, 15) is 23.5 Å². The third-order valence-electron chi connectivity index (χ3n) is 10.7. The number of nitrogens with one attached hydrogen (secondary N) is 1. The lowest BCUT2D eigenvalue weighted by molar-refractivity contribution is -0.297. The Kier molecular flexibility index (Phi) is 5.95. The minimum atomic E-state index is -4.16. The van der Waals surface area contributed by atoms with Gasteiger partial charge in [-0.25, -0.2) is 8.42 Å². The van der Waals surface area contributed by atoms with Gasteiger partial charge < -0.3 is 25.3 Å². The zero-order valence-corrected chi connectivity index (χ0v) is 24.9. The summed E-state index contributed by atoms with van der Waals surface area (Å²) in [5.74, 6) is -1.36. The summed E-state index contributed by atoms with van der Waals surface area (Å²) in [6, 6.07) is 4.43. The first-order chi connectivity index (χ1) is 18.5. The molecule has 10 heteroatoms. The van der Waals surface area contributed by atoms with Crippen LogP contribution in [0.5, 0.6) is 0 Å². The van der Waals surface area contributed by atoms with Crippen LogP contribution in [0.25, 0.3) is 0 Å². The highest BCUT2D eigenvalue weighted by atomic mass is 32.2. The first-order valence-electron chi connectivity index (χ1n) is 14.0. The fourth-order valence-electron chi connectivity index (χ4n) is 8.70. The van der Waals surface area contributed by atoms with Crippen LogP contribution in [0.1, 0.15) is 48.0 Å².